The number of nitrogens with zero attached hydrogens (tertiary/aromatic N) is 4. The standard InChI is InChI=1S/C19H23N5O4/c1-12(21-19(25)24-8-6-13(11-20)7-9-24)18-22-17(23-28-18)14-4-5-15(26-2)16(10-14)27-3/h4-5,10,12-13H,6-9H2,1-3H3,(H,21,25)/t12-/m1/s1. The van der Waals surface area contributed by atoms with E-state index in [4.69, 9.17) is 19.3 Å². The van der Waals surface area contributed by atoms with Crippen LogP contribution in [0.2, 0.25) is 0 Å². The largest absolute Gasteiger partial charge is 0.493 e. The van der Waals surface area contributed by atoms with Crippen molar-refractivity contribution in [2.24, 2.45) is 5.92 Å². The van der Waals surface area contributed by atoms with Crippen molar-refractivity contribution in [2.45, 2.75) is 25.8 Å². The van der Waals surface area contributed by atoms with Crippen LogP contribution in [0.5, 0.6) is 11.5 Å². The number of hydrogen-bond acceptors (Lipinski definition) is 7. The van der Waals surface area contributed by atoms with Crippen molar-refractivity contribution >= 4 is 6.03 Å². The Hall–Kier alpha value is -3.28. The van der Waals surface area contributed by atoms with Gasteiger partial charge in [0.15, 0.2) is 11.5 Å². The molecule has 1 aromatic heterocycles. The van der Waals surface area contributed by atoms with E-state index in [-0.39, 0.29) is 11.9 Å². The van der Waals surface area contributed by atoms with Gasteiger partial charge in [-0.15, -0.1) is 0 Å². The molecule has 2 aromatic rings. The Balaban J connectivity index is 1.65. The molecule has 2 amide bonds. The molecular formula is C19H23N5O4. The van der Waals surface area contributed by atoms with E-state index in [1.807, 2.05) is 0 Å². The number of aromatic nitrogens is 2. The van der Waals surface area contributed by atoms with Crippen molar-refractivity contribution in [2.75, 3.05) is 27.3 Å². The second kappa shape index (κ2) is 8.61. The summed E-state index contributed by atoms with van der Waals surface area (Å²) in [5.74, 6) is 1.91. The van der Waals surface area contributed by atoms with Crippen molar-refractivity contribution in [3.05, 3.63) is 24.1 Å². The van der Waals surface area contributed by atoms with Crippen molar-refractivity contribution in [3.8, 4) is 29.0 Å². The number of benzene rings is 1. The molecule has 0 unspecified atom stereocenters. The van der Waals surface area contributed by atoms with Gasteiger partial charge < -0.3 is 24.2 Å². The molecule has 1 saturated heterocycles. The summed E-state index contributed by atoms with van der Waals surface area (Å²) >= 11 is 0. The smallest absolute Gasteiger partial charge is 0.318 e. The lowest BCUT2D eigenvalue weighted by molar-refractivity contribution is 0.173. The molecule has 0 spiro atoms. The Bertz CT molecular complexity index is 867. The zero-order valence-electron chi connectivity index (χ0n) is 16.1. The minimum absolute atomic E-state index is 0.0291. The summed E-state index contributed by atoms with van der Waals surface area (Å²) in [6.07, 6.45) is 1.39. The highest BCUT2D eigenvalue weighted by molar-refractivity contribution is 5.74. The molecule has 1 atom stereocenters. The number of carbonyl (C=O) groups excluding carboxylic acids is 1. The van der Waals surface area contributed by atoms with Crippen LogP contribution in [-0.2, 0) is 0 Å². The first-order valence-corrected chi connectivity index (χ1v) is 9.06. The van der Waals surface area contributed by atoms with Gasteiger partial charge in [-0.1, -0.05) is 5.16 Å². The van der Waals surface area contributed by atoms with E-state index in [2.05, 4.69) is 21.5 Å². The van der Waals surface area contributed by atoms with Crippen molar-refractivity contribution in [3.63, 3.8) is 0 Å². The van der Waals surface area contributed by atoms with Crippen LogP contribution < -0.4 is 14.8 Å². The highest BCUT2D eigenvalue weighted by Crippen LogP contribution is 2.31. The minimum atomic E-state index is -0.442. The molecule has 2 heterocycles. The number of rotatable bonds is 5. The number of nitrogens with one attached hydrogen (secondary N) is 1. The number of piperidine rings is 1. The Kier molecular flexibility index (Phi) is 5.99. The molecule has 1 N–H and O–H groups in total. The maximum atomic E-state index is 12.4. The number of carbonyl (C=O) groups is 1. The fraction of sp³-hybridized carbons (Fsp3) is 0.474. The second-order valence-corrected chi connectivity index (χ2v) is 6.59. The van der Waals surface area contributed by atoms with Gasteiger partial charge in [0.05, 0.1) is 20.3 Å². The molecule has 1 aromatic carbocycles. The predicted octanol–water partition coefficient (Wildman–Crippen LogP) is 2.76. The number of likely N-dealkylation sites (tertiary alicyclic amines) is 1. The molecule has 9 nitrogen and oxygen atoms in total. The van der Waals surface area contributed by atoms with Gasteiger partial charge in [0.1, 0.15) is 6.04 Å². The van der Waals surface area contributed by atoms with Crippen LogP contribution in [0.4, 0.5) is 4.79 Å². The van der Waals surface area contributed by atoms with Gasteiger partial charge in [0, 0.05) is 24.6 Å². The highest BCUT2D eigenvalue weighted by Gasteiger charge is 2.25. The van der Waals surface area contributed by atoms with Gasteiger partial charge in [-0.3, -0.25) is 0 Å². The highest BCUT2D eigenvalue weighted by atomic mass is 16.5. The van der Waals surface area contributed by atoms with Crippen molar-refractivity contribution in [1.29, 1.82) is 5.26 Å². The SMILES string of the molecule is COc1ccc(-c2noc([C@@H](C)NC(=O)N3CCC(C#N)CC3)n2)cc1OC. The van der Waals surface area contributed by atoms with Gasteiger partial charge >= 0.3 is 6.03 Å². The molecular weight excluding hydrogens is 362 g/mol. The van der Waals surface area contributed by atoms with E-state index in [0.29, 0.717) is 54.7 Å². The molecule has 1 aliphatic heterocycles. The van der Waals surface area contributed by atoms with Crippen LogP contribution in [0.15, 0.2) is 22.7 Å². The summed E-state index contributed by atoms with van der Waals surface area (Å²) in [4.78, 5) is 18.5. The van der Waals surface area contributed by atoms with Crippen LogP contribution in [0.25, 0.3) is 11.4 Å². The van der Waals surface area contributed by atoms with Gasteiger partial charge in [-0.25, -0.2) is 4.79 Å². The Morgan fingerprint density at radius 3 is 2.68 bits per heavy atom. The molecule has 0 aliphatic carbocycles. The number of amides is 2. The third-order valence-corrected chi connectivity index (χ3v) is 4.76. The van der Waals surface area contributed by atoms with Crippen molar-refractivity contribution < 1.29 is 18.8 Å². The monoisotopic (exact) mass is 385 g/mol. The summed E-state index contributed by atoms with van der Waals surface area (Å²) in [6.45, 7) is 2.92. The zero-order valence-corrected chi connectivity index (χ0v) is 16.1. The van der Waals surface area contributed by atoms with Crippen LogP contribution in [0.1, 0.15) is 31.7 Å². The summed E-state index contributed by atoms with van der Waals surface area (Å²) in [5, 5.41) is 15.8. The minimum Gasteiger partial charge on any atom is -0.493 e. The molecule has 1 fully saturated rings. The lowest BCUT2D eigenvalue weighted by Gasteiger charge is -2.29. The Labute approximate surface area is 163 Å². The number of ether oxygens (including phenoxy) is 2. The number of urea groups is 1. The third-order valence-electron chi connectivity index (χ3n) is 4.76. The Morgan fingerprint density at radius 1 is 1.32 bits per heavy atom. The fourth-order valence-corrected chi connectivity index (χ4v) is 3.05. The molecule has 148 valence electrons. The van der Waals surface area contributed by atoms with Crippen LogP contribution in [0, 0.1) is 17.2 Å². The van der Waals surface area contributed by atoms with Crippen LogP contribution in [0.3, 0.4) is 0 Å². The average molecular weight is 385 g/mol. The predicted molar refractivity (Wildman–Crippen MR) is 99.7 cm³/mol. The maximum absolute atomic E-state index is 12.4. The number of methoxy groups -OCH3 is 2. The molecule has 9 heteroatoms. The van der Waals surface area contributed by atoms with E-state index in [0.717, 1.165) is 0 Å². The molecule has 0 saturated carbocycles. The maximum Gasteiger partial charge on any atom is 0.318 e. The summed E-state index contributed by atoms with van der Waals surface area (Å²) in [6, 6.07) is 6.94. The van der Waals surface area contributed by atoms with E-state index >= 15 is 0 Å². The van der Waals surface area contributed by atoms with Gasteiger partial charge in [0.25, 0.3) is 0 Å². The molecule has 0 bridgehead atoms. The zero-order chi connectivity index (χ0) is 20.1. The Morgan fingerprint density at radius 2 is 2.04 bits per heavy atom. The first-order chi connectivity index (χ1) is 13.5. The normalized spacial score (nSPS) is 15.6. The topological polar surface area (TPSA) is 114 Å². The van der Waals surface area contributed by atoms with Gasteiger partial charge in [0.2, 0.25) is 11.7 Å². The van der Waals surface area contributed by atoms with Gasteiger partial charge in [-0.05, 0) is 38.0 Å². The summed E-state index contributed by atoms with van der Waals surface area (Å²) in [7, 11) is 3.12. The quantitative estimate of drug-likeness (QED) is 0.842. The molecule has 28 heavy (non-hydrogen) atoms. The van der Waals surface area contributed by atoms with E-state index in [1.165, 1.54) is 0 Å². The lowest BCUT2D eigenvalue weighted by Crippen LogP contribution is -2.45. The summed E-state index contributed by atoms with van der Waals surface area (Å²) < 4.78 is 15.8. The lowest BCUT2D eigenvalue weighted by atomic mass is 9.99. The van der Waals surface area contributed by atoms with Crippen LogP contribution in [-0.4, -0.2) is 48.4 Å². The number of hydrogen-bond donors (Lipinski definition) is 1. The van der Waals surface area contributed by atoms with Gasteiger partial charge in [-0.2, -0.15) is 10.2 Å². The molecule has 1 aliphatic rings. The first kappa shape index (κ1) is 19.5. The van der Waals surface area contributed by atoms with Crippen molar-refractivity contribution in [1.82, 2.24) is 20.4 Å². The van der Waals surface area contributed by atoms with E-state index < -0.39 is 6.04 Å². The third kappa shape index (κ3) is 4.17. The first-order valence-electron chi connectivity index (χ1n) is 9.06. The molecule has 0 radical (unpaired) electrons. The van der Waals surface area contributed by atoms with Crippen LogP contribution >= 0.6 is 0 Å². The second-order valence-electron chi connectivity index (χ2n) is 6.59. The summed E-state index contributed by atoms with van der Waals surface area (Å²) in [5.41, 5.74) is 0.713. The van der Waals surface area contributed by atoms with E-state index in [1.54, 1.807) is 44.2 Å². The fourth-order valence-electron chi connectivity index (χ4n) is 3.05. The average Bonchev–Trinajstić information content (AvgIpc) is 3.23. The number of nitriles is 1. The van der Waals surface area contributed by atoms with E-state index in [9.17, 15) is 4.79 Å². The molecule has 3 rings (SSSR count).